The second-order valence-corrected chi connectivity index (χ2v) is 5.98. The summed E-state index contributed by atoms with van der Waals surface area (Å²) < 4.78 is 1.86. The number of carbonyl (C=O) groups is 1. The van der Waals surface area contributed by atoms with E-state index < -0.39 is 11.5 Å². The molecule has 3 heterocycles. The molecule has 3 rings (SSSR count). The standard InChI is InChI=1S/C14H22N4O2/c1-17-11(3-7-16-17)9-18-8-4-12(19)14(10-18)5-2-6-15-13(14)20/h3,7,12,19H,2,4-6,8-10H2,1H3,(H,15,20)/t12-,14+/m0/s1. The number of hydrogen-bond donors (Lipinski definition) is 2. The number of likely N-dealkylation sites (tertiary alicyclic amines) is 1. The number of aliphatic hydroxyl groups is 1. The van der Waals surface area contributed by atoms with Gasteiger partial charge in [0.05, 0.1) is 17.2 Å². The first-order chi connectivity index (χ1) is 9.62. The number of nitrogens with zero attached hydrogens (tertiary/aromatic N) is 3. The summed E-state index contributed by atoms with van der Waals surface area (Å²) in [6, 6.07) is 2.00. The van der Waals surface area contributed by atoms with Crippen molar-refractivity contribution in [2.45, 2.75) is 31.9 Å². The number of aliphatic hydroxyl groups excluding tert-OH is 1. The zero-order valence-corrected chi connectivity index (χ0v) is 11.9. The highest BCUT2D eigenvalue weighted by atomic mass is 16.3. The van der Waals surface area contributed by atoms with Crippen molar-refractivity contribution >= 4 is 5.91 Å². The van der Waals surface area contributed by atoms with E-state index in [4.69, 9.17) is 0 Å². The molecule has 110 valence electrons. The van der Waals surface area contributed by atoms with Gasteiger partial charge in [-0.05, 0) is 25.3 Å². The maximum atomic E-state index is 12.3. The normalized spacial score (nSPS) is 31.5. The highest BCUT2D eigenvalue weighted by Gasteiger charge is 2.49. The molecule has 2 N–H and O–H groups in total. The Hall–Kier alpha value is -1.40. The van der Waals surface area contributed by atoms with Crippen molar-refractivity contribution in [1.82, 2.24) is 20.0 Å². The van der Waals surface area contributed by atoms with Gasteiger partial charge in [0.15, 0.2) is 0 Å². The van der Waals surface area contributed by atoms with E-state index >= 15 is 0 Å². The van der Waals surface area contributed by atoms with Gasteiger partial charge < -0.3 is 10.4 Å². The van der Waals surface area contributed by atoms with Crippen molar-refractivity contribution in [3.8, 4) is 0 Å². The molecule has 1 spiro atoms. The van der Waals surface area contributed by atoms with E-state index in [0.717, 1.165) is 38.2 Å². The van der Waals surface area contributed by atoms with Crippen LogP contribution in [0.2, 0.25) is 0 Å². The van der Waals surface area contributed by atoms with E-state index in [2.05, 4.69) is 15.3 Å². The number of nitrogens with one attached hydrogen (secondary N) is 1. The largest absolute Gasteiger partial charge is 0.392 e. The van der Waals surface area contributed by atoms with Gasteiger partial charge in [-0.2, -0.15) is 5.10 Å². The van der Waals surface area contributed by atoms with Crippen LogP contribution >= 0.6 is 0 Å². The Bertz CT molecular complexity index is 501. The fourth-order valence-corrected chi connectivity index (χ4v) is 3.45. The van der Waals surface area contributed by atoms with Crippen molar-refractivity contribution in [2.24, 2.45) is 12.5 Å². The molecule has 2 saturated heterocycles. The smallest absolute Gasteiger partial charge is 0.230 e. The van der Waals surface area contributed by atoms with Gasteiger partial charge in [0, 0.05) is 39.4 Å². The summed E-state index contributed by atoms with van der Waals surface area (Å²) in [5.74, 6) is 0.0194. The fraction of sp³-hybridized carbons (Fsp3) is 0.714. The Balaban J connectivity index is 1.76. The third-order valence-corrected chi connectivity index (χ3v) is 4.71. The van der Waals surface area contributed by atoms with E-state index in [0.29, 0.717) is 13.0 Å². The van der Waals surface area contributed by atoms with Crippen LogP contribution in [-0.2, 0) is 18.4 Å². The lowest BCUT2D eigenvalue weighted by atomic mass is 9.71. The summed E-state index contributed by atoms with van der Waals surface area (Å²) in [5.41, 5.74) is 0.516. The molecule has 20 heavy (non-hydrogen) atoms. The van der Waals surface area contributed by atoms with E-state index in [9.17, 15) is 9.90 Å². The molecule has 0 saturated carbocycles. The fourth-order valence-electron chi connectivity index (χ4n) is 3.45. The monoisotopic (exact) mass is 278 g/mol. The van der Waals surface area contributed by atoms with Crippen LogP contribution in [0.5, 0.6) is 0 Å². The summed E-state index contributed by atoms with van der Waals surface area (Å²) >= 11 is 0. The van der Waals surface area contributed by atoms with Crippen molar-refractivity contribution < 1.29 is 9.90 Å². The van der Waals surface area contributed by atoms with E-state index in [1.165, 1.54) is 0 Å². The highest BCUT2D eigenvalue weighted by molar-refractivity contribution is 5.84. The molecule has 2 atom stereocenters. The van der Waals surface area contributed by atoms with E-state index in [1.807, 2.05) is 17.8 Å². The molecule has 1 aromatic rings. The molecule has 0 radical (unpaired) electrons. The molecular weight excluding hydrogens is 256 g/mol. The second-order valence-electron chi connectivity index (χ2n) is 5.98. The SMILES string of the molecule is Cn1nccc1CN1CC[C@H](O)[C@@]2(CCCNC2=O)C1. The number of amides is 1. The molecular formula is C14H22N4O2. The van der Waals surface area contributed by atoms with Gasteiger partial charge >= 0.3 is 0 Å². The lowest BCUT2D eigenvalue weighted by Crippen LogP contribution is -2.61. The Morgan fingerprint density at radius 2 is 2.45 bits per heavy atom. The minimum Gasteiger partial charge on any atom is -0.392 e. The van der Waals surface area contributed by atoms with Crippen molar-refractivity contribution in [2.75, 3.05) is 19.6 Å². The lowest BCUT2D eigenvalue weighted by Gasteiger charge is -2.46. The zero-order chi connectivity index (χ0) is 14.2. The molecule has 2 aliphatic heterocycles. The molecule has 6 heteroatoms. The van der Waals surface area contributed by atoms with Crippen LogP contribution < -0.4 is 5.32 Å². The molecule has 1 amide bonds. The first-order valence-electron chi connectivity index (χ1n) is 7.27. The van der Waals surface area contributed by atoms with Crippen LogP contribution in [-0.4, -0.2) is 51.4 Å². The van der Waals surface area contributed by atoms with Gasteiger partial charge in [0.2, 0.25) is 5.91 Å². The number of rotatable bonds is 2. The molecule has 2 fully saturated rings. The van der Waals surface area contributed by atoms with Crippen molar-refractivity contribution in [3.05, 3.63) is 18.0 Å². The van der Waals surface area contributed by atoms with Gasteiger partial charge in [-0.15, -0.1) is 0 Å². The number of aryl methyl sites for hydroxylation is 1. The van der Waals surface area contributed by atoms with Crippen LogP contribution in [0.4, 0.5) is 0 Å². The predicted molar refractivity (Wildman–Crippen MR) is 73.8 cm³/mol. The molecule has 1 aromatic heterocycles. The first-order valence-corrected chi connectivity index (χ1v) is 7.27. The maximum Gasteiger partial charge on any atom is 0.230 e. The molecule has 0 aliphatic carbocycles. The molecule has 2 aliphatic rings. The van der Waals surface area contributed by atoms with Crippen LogP contribution in [0.25, 0.3) is 0 Å². The Morgan fingerprint density at radius 3 is 3.15 bits per heavy atom. The third-order valence-electron chi connectivity index (χ3n) is 4.71. The summed E-state index contributed by atoms with van der Waals surface area (Å²) in [5, 5.41) is 17.4. The van der Waals surface area contributed by atoms with Crippen molar-refractivity contribution in [3.63, 3.8) is 0 Å². The Kier molecular flexibility index (Phi) is 3.52. The third kappa shape index (κ3) is 2.23. The van der Waals surface area contributed by atoms with Crippen LogP contribution in [0.1, 0.15) is 25.0 Å². The quantitative estimate of drug-likeness (QED) is 0.791. The van der Waals surface area contributed by atoms with Gasteiger partial charge in [-0.25, -0.2) is 0 Å². The van der Waals surface area contributed by atoms with Gasteiger partial charge in [0.1, 0.15) is 0 Å². The molecule has 6 nitrogen and oxygen atoms in total. The molecule has 0 unspecified atom stereocenters. The molecule has 0 aromatic carbocycles. The van der Waals surface area contributed by atoms with Crippen LogP contribution in [0, 0.1) is 5.41 Å². The van der Waals surface area contributed by atoms with Gasteiger partial charge in [-0.3, -0.25) is 14.4 Å². The maximum absolute atomic E-state index is 12.3. The predicted octanol–water partition coefficient (Wildman–Crippen LogP) is -0.117. The summed E-state index contributed by atoms with van der Waals surface area (Å²) in [7, 11) is 1.93. The minimum atomic E-state index is -0.616. The zero-order valence-electron chi connectivity index (χ0n) is 11.9. The average molecular weight is 278 g/mol. The Morgan fingerprint density at radius 1 is 1.60 bits per heavy atom. The van der Waals surface area contributed by atoms with Gasteiger partial charge in [0.25, 0.3) is 0 Å². The topological polar surface area (TPSA) is 70.4 Å². The second kappa shape index (κ2) is 5.18. The number of aromatic nitrogens is 2. The van der Waals surface area contributed by atoms with Crippen molar-refractivity contribution in [1.29, 1.82) is 0 Å². The Labute approximate surface area is 118 Å². The molecule has 0 bridgehead atoms. The number of carbonyl (C=O) groups excluding carboxylic acids is 1. The minimum absolute atomic E-state index is 0.0194. The highest BCUT2D eigenvalue weighted by Crippen LogP contribution is 2.37. The van der Waals surface area contributed by atoms with E-state index in [1.54, 1.807) is 6.20 Å². The first kappa shape index (κ1) is 13.6. The van der Waals surface area contributed by atoms with Crippen LogP contribution in [0.15, 0.2) is 12.3 Å². The summed E-state index contributed by atoms with van der Waals surface area (Å²) in [6.45, 7) is 2.96. The van der Waals surface area contributed by atoms with Crippen LogP contribution in [0.3, 0.4) is 0 Å². The number of hydrogen-bond acceptors (Lipinski definition) is 4. The number of piperidine rings is 2. The average Bonchev–Trinajstić information content (AvgIpc) is 2.83. The summed E-state index contributed by atoms with van der Waals surface area (Å²) in [4.78, 5) is 14.5. The summed E-state index contributed by atoms with van der Waals surface area (Å²) in [6.07, 6.45) is 3.65. The van der Waals surface area contributed by atoms with Gasteiger partial charge in [-0.1, -0.05) is 0 Å². The lowest BCUT2D eigenvalue weighted by molar-refractivity contribution is -0.149. The van der Waals surface area contributed by atoms with E-state index in [-0.39, 0.29) is 5.91 Å².